The average molecular weight is 764 g/mol. The molecule has 0 bridgehead atoms. The SMILES string of the molecule is COC(=O)C(Br)c1ccccc1.COC(=O)C(SC(=S)SCCC[SiH3])c1ccccc1.[Na+].[SiH3]CCCSC(=S)[S-]. The van der Waals surface area contributed by atoms with Gasteiger partial charge in [-0.05, 0) is 35.5 Å². The number of thiocarbonyl (C=S) groups is 2. The van der Waals surface area contributed by atoms with Gasteiger partial charge >= 0.3 is 41.5 Å². The first-order valence-corrected chi connectivity index (χ1v) is 20.1. The number of halogens is 1. The number of hydrogen-bond donors (Lipinski definition) is 0. The number of rotatable bonds is 11. The fourth-order valence-electron chi connectivity index (χ4n) is 2.58. The predicted molar refractivity (Wildman–Crippen MR) is 195 cm³/mol. The van der Waals surface area contributed by atoms with Crippen LogP contribution >= 0.6 is 75.7 Å². The first-order valence-electron chi connectivity index (χ1n) is 12.3. The van der Waals surface area contributed by atoms with Crippen LogP contribution in [0.3, 0.4) is 0 Å². The minimum absolute atomic E-state index is 0. The summed E-state index contributed by atoms with van der Waals surface area (Å²) in [5.74, 6) is 1.65. The molecular weight excluding hydrogens is 728 g/mol. The fourth-order valence-corrected chi connectivity index (χ4v) is 8.53. The Kier molecular flexibility index (Phi) is 30.6. The van der Waals surface area contributed by atoms with Gasteiger partial charge in [0.05, 0.1) is 14.2 Å². The molecular formula is C26H36BrNaO4S6Si2. The number of hydrogen-bond acceptors (Lipinski definition) is 10. The molecule has 2 atom stereocenters. The maximum atomic E-state index is 11.9. The quantitative estimate of drug-likeness (QED) is 0.0854. The normalized spacial score (nSPS) is 11.3. The van der Waals surface area contributed by atoms with E-state index in [0.717, 1.165) is 26.2 Å². The molecule has 2 aromatic carbocycles. The summed E-state index contributed by atoms with van der Waals surface area (Å²) in [5.41, 5.74) is 1.84. The standard InChI is InChI=1S/C13H18O2S3Si.C9H9BrO2.C4H10S3Si.Na/c1-15-12(14)11(10-6-3-2-4-7-10)18-13(16)17-8-5-9-19;1-12-9(11)8(10)7-5-3-2-4-6-7;5-4(6)7-2-1-3-8;/h2-4,6-7,11H,5,8-9H2,1,19H3;2-6,8H,1H3;1-3H2,8H3,(H,5,6);/q;;;+1/p-1. The number of ether oxygens (including phenoxy) is 2. The van der Waals surface area contributed by atoms with Crippen LogP contribution in [0.5, 0.6) is 0 Å². The van der Waals surface area contributed by atoms with E-state index in [0.29, 0.717) is 3.53 Å². The summed E-state index contributed by atoms with van der Waals surface area (Å²) >= 11 is 22.7. The third kappa shape index (κ3) is 21.4. The number of thioether (sulfide) groups is 3. The molecule has 4 nitrogen and oxygen atoms in total. The van der Waals surface area contributed by atoms with E-state index in [4.69, 9.17) is 41.8 Å². The summed E-state index contributed by atoms with van der Waals surface area (Å²) in [6.07, 6.45) is 2.49. The second-order valence-electron chi connectivity index (χ2n) is 7.63. The monoisotopic (exact) mass is 762 g/mol. The first-order chi connectivity index (χ1) is 18.7. The molecule has 216 valence electrons. The molecule has 0 saturated carbocycles. The van der Waals surface area contributed by atoms with Crippen LogP contribution in [0.25, 0.3) is 0 Å². The second-order valence-corrected chi connectivity index (χ2v) is 16.6. The van der Waals surface area contributed by atoms with E-state index in [-0.39, 0.29) is 51.6 Å². The predicted octanol–water partition coefficient (Wildman–Crippen LogP) is 2.85. The van der Waals surface area contributed by atoms with Gasteiger partial charge in [0.25, 0.3) is 0 Å². The van der Waals surface area contributed by atoms with Gasteiger partial charge in [0.1, 0.15) is 13.6 Å². The molecule has 0 aliphatic carbocycles. The Labute approximate surface area is 305 Å². The molecule has 0 aliphatic rings. The number of carbonyl (C=O) groups is 2. The summed E-state index contributed by atoms with van der Waals surface area (Å²) in [4.78, 5) is 22.6. The zero-order valence-electron chi connectivity index (χ0n) is 23.6. The number of carbonyl (C=O) groups excluding carboxylic acids is 2. The van der Waals surface area contributed by atoms with Crippen molar-refractivity contribution in [3.05, 3.63) is 71.8 Å². The van der Waals surface area contributed by atoms with E-state index in [1.807, 2.05) is 60.7 Å². The average Bonchev–Trinajstić information content (AvgIpc) is 2.96. The van der Waals surface area contributed by atoms with Crippen LogP contribution in [0.2, 0.25) is 12.1 Å². The van der Waals surface area contributed by atoms with Crippen molar-refractivity contribution in [3.63, 3.8) is 0 Å². The van der Waals surface area contributed by atoms with Crippen LogP contribution in [0.1, 0.15) is 34.0 Å². The molecule has 0 saturated heterocycles. The van der Waals surface area contributed by atoms with Crippen LogP contribution < -0.4 is 29.6 Å². The molecule has 0 radical (unpaired) electrons. The Balaban J connectivity index is 0. The van der Waals surface area contributed by atoms with Crippen molar-refractivity contribution in [2.24, 2.45) is 0 Å². The van der Waals surface area contributed by atoms with E-state index >= 15 is 0 Å². The Morgan fingerprint density at radius 1 is 0.850 bits per heavy atom. The summed E-state index contributed by atoms with van der Waals surface area (Å²) in [6.45, 7) is 0. The van der Waals surface area contributed by atoms with Gasteiger partial charge in [-0.15, -0.1) is 23.5 Å². The smallest absolute Gasteiger partial charge is 0.468 e. The zero-order chi connectivity index (χ0) is 29.5. The van der Waals surface area contributed by atoms with E-state index < -0.39 is 0 Å². The van der Waals surface area contributed by atoms with Crippen LogP contribution in [-0.2, 0) is 31.7 Å². The molecule has 0 amide bonds. The fraction of sp³-hybridized carbons (Fsp3) is 0.385. The van der Waals surface area contributed by atoms with Gasteiger partial charge in [-0.3, -0.25) is 9.59 Å². The molecule has 2 rings (SSSR count). The third-order valence-electron chi connectivity index (χ3n) is 4.67. The van der Waals surface area contributed by atoms with Gasteiger partial charge in [-0.1, -0.05) is 116 Å². The van der Waals surface area contributed by atoms with Crippen molar-refractivity contribution in [1.29, 1.82) is 0 Å². The summed E-state index contributed by atoms with van der Waals surface area (Å²) in [7, 11) is 5.33. The summed E-state index contributed by atoms with van der Waals surface area (Å²) in [6, 6.07) is 21.7. The van der Waals surface area contributed by atoms with Gasteiger partial charge < -0.3 is 34.3 Å². The molecule has 0 fully saturated rings. The Hall–Kier alpha value is 0.744. The van der Waals surface area contributed by atoms with E-state index in [2.05, 4.69) is 20.7 Å². The van der Waals surface area contributed by atoms with Crippen molar-refractivity contribution in [2.75, 3.05) is 25.7 Å². The molecule has 0 aromatic heterocycles. The van der Waals surface area contributed by atoms with Crippen LogP contribution in [0, 0.1) is 0 Å². The molecule has 0 heterocycles. The number of alkyl halides is 1. The zero-order valence-corrected chi connectivity index (χ0v) is 36.1. The molecule has 2 aromatic rings. The van der Waals surface area contributed by atoms with Crippen molar-refractivity contribution in [2.45, 2.75) is 35.0 Å². The summed E-state index contributed by atoms with van der Waals surface area (Å²) < 4.78 is 10.9. The van der Waals surface area contributed by atoms with Crippen molar-refractivity contribution < 1.29 is 48.6 Å². The molecule has 0 N–H and O–H groups in total. The van der Waals surface area contributed by atoms with Crippen LogP contribution in [-0.4, -0.2) is 65.2 Å². The first kappa shape index (κ1) is 42.9. The van der Waals surface area contributed by atoms with Crippen molar-refractivity contribution in [1.82, 2.24) is 0 Å². The van der Waals surface area contributed by atoms with Gasteiger partial charge in [0.2, 0.25) is 0 Å². The van der Waals surface area contributed by atoms with Crippen molar-refractivity contribution >= 4 is 128 Å². The molecule has 2 unspecified atom stereocenters. The van der Waals surface area contributed by atoms with Gasteiger partial charge in [0.15, 0.2) is 0 Å². The maximum Gasteiger partial charge on any atom is 1.00 e. The molecule has 40 heavy (non-hydrogen) atoms. The summed E-state index contributed by atoms with van der Waals surface area (Å²) in [5, 5.41) is -0.359. The Bertz CT molecular complexity index is 980. The molecule has 0 aliphatic heterocycles. The van der Waals surface area contributed by atoms with Crippen molar-refractivity contribution in [3.8, 4) is 0 Å². The van der Waals surface area contributed by atoms with E-state index in [1.165, 1.54) is 71.4 Å². The number of benzene rings is 2. The molecule has 14 heteroatoms. The second kappa shape index (κ2) is 28.5. The van der Waals surface area contributed by atoms with E-state index in [1.54, 1.807) is 23.5 Å². The third-order valence-corrected chi connectivity index (χ3v) is 11.3. The molecule has 0 spiro atoms. The topological polar surface area (TPSA) is 52.6 Å². The Morgan fingerprint density at radius 3 is 1.73 bits per heavy atom. The largest absolute Gasteiger partial charge is 1.00 e. The Morgan fingerprint density at radius 2 is 1.30 bits per heavy atom. The van der Waals surface area contributed by atoms with Gasteiger partial charge in [0, 0.05) is 20.5 Å². The van der Waals surface area contributed by atoms with E-state index in [9.17, 15) is 9.59 Å². The van der Waals surface area contributed by atoms with Crippen LogP contribution in [0.4, 0.5) is 0 Å². The minimum atomic E-state index is -0.359. The maximum absolute atomic E-state index is 11.9. The van der Waals surface area contributed by atoms with Crippen LogP contribution in [0.15, 0.2) is 60.7 Å². The minimum Gasteiger partial charge on any atom is -0.468 e. The number of esters is 2. The van der Waals surface area contributed by atoms with Gasteiger partial charge in [-0.2, -0.15) is 0 Å². The van der Waals surface area contributed by atoms with Gasteiger partial charge in [-0.25, -0.2) is 0 Å². The number of methoxy groups -OCH3 is 2.